The van der Waals surface area contributed by atoms with E-state index in [1.54, 1.807) is 12.4 Å². The van der Waals surface area contributed by atoms with Gasteiger partial charge in [-0.25, -0.2) is 0 Å². The molecular formula is C12H18BrN3. The maximum atomic E-state index is 5.92. The Balaban J connectivity index is 2.15. The summed E-state index contributed by atoms with van der Waals surface area (Å²) in [7, 11) is 0. The highest BCUT2D eigenvalue weighted by Gasteiger charge is 2.30. The molecule has 3 N–H and O–H groups in total. The number of nitrogens with two attached hydrogens (primary N) is 1. The van der Waals surface area contributed by atoms with Crippen molar-refractivity contribution in [3.05, 3.63) is 16.9 Å². The van der Waals surface area contributed by atoms with Gasteiger partial charge in [0.05, 0.1) is 22.0 Å². The summed E-state index contributed by atoms with van der Waals surface area (Å²) in [5, 5.41) is 3.55. The Morgan fingerprint density at radius 1 is 1.38 bits per heavy atom. The van der Waals surface area contributed by atoms with Crippen LogP contribution in [0.15, 0.2) is 16.9 Å². The maximum Gasteiger partial charge on any atom is 0.0752 e. The molecule has 1 aliphatic carbocycles. The predicted molar refractivity (Wildman–Crippen MR) is 71.3 cm³/mol. The summed E-state index contributed by atoms with van der Waals surface area (Å²) in [6.07, 6.45) is 5.98. The number of pyridine rings is 1. The van der Waals surface area contributed by atoms with Crippen molar-refractivity contribution in [3.63, 3.8) is 0 Å². The fraction of sp³-hybridized carbons (Fsp3) is 0.583. The second-order valence-electron chi connectivity index (χ2n) is 4.75. The molecule has 88 valence electrons. The highest BCUT2D eigenvalue weighted by Crippen LogP contribution is 2.36. The third-order valence-electron chi connectivity index (χ3n) is 3.72. The highest BCUT2D eigenvalue weighted by molar-refractivity contribution is 9.10. The Morgan fingerprint density at radius 3 is 2.69 bits per heavy atom. The molecule has 1 aromatic heterocycles. The van der Waals surface area contributed by atoms with Gasteiger partial charge in [0.1, 0.15) is 0 Å². The second-order valence-corrected chi connectivity index (χ2v) is 5.60. The van der Waals surface area contributed by atoms with Crippen LogP contribution in [0.1, 0.15) is 26.7 Å². The summed E-state index contributed by atoms with van der Waals surface area (Å²) in [6.45, 7) is 4.62. The van der Waals surface area contributed by atoms with Gasteiger partial charge in [0.25, 0.3) is 0 Å². The first-order valence-electron chi connectivity index (χ1n) is 5.75. The molecule has 0 saturated heterocycles. The van der Waals surface area contributed by atoms with Crippen molar-refractivity contribution in [3.8, 4) is 0 Å². The summed E-state index contributed by atoms with van der Waals surface area (Å²) in [4.78, 5) is 4.04. The van der Waals surface area contributed by atoms with Crippen LogP contribution in [0.2, 0.25) is 0 Å². The van der Waals surface area contributed by atoms with Crippen LogP contribution in [0, 0.1) is 11.8 Å². The largest absolute Gasteiger partial charge is 0.396 e. The molecular weight excluding hydrogens is 266 g/mol. The average molecular weight is 284 g/mol. The van der Waals surface area contributed by atoms with E-state index in [0.717, 1.165) is 16.1 Å². The number of nitrogen functional groups attached to an aromatic ring is 1. The number of aromatic nitrogens is 1. The van der Waals surface area contributed by atoms with Gasteiger partial charge in [0.2, 0.25) is 0 Å². The van der Waals surface area contributed by atoms with Crippen LogP contribution < -0.4 is 11.1 Å². The smallest absolute Gasteiger partial charge is 0.0752 e. The van der Waals surface area contributed by atoms with Crippen molar-refractivity contribution in [2.24, 2.45) is 11.8 Å². The van der Waals surface area contributed by atoms with Crippen molar-refractivity contribution in [1.82, 2.24) is 4.98 Å². The molecule has 3 atom stereocenters. The molecule has 2 rings (SSSR count). The molecule has 1 aromatic rings. The van der Waals surface area contributed by atoms with Crippen LogP contribution in [-0.2, 0) is 0 Å². The molecule has 1 saturated carbocycles. The molecule has 0 aliphatic heterocycles. The van der Waals surface area contributed by atoms with Gasteiger partial charge in [-0.3, -0.25) is 4.98 Å². The molecule has 0 spiro atoms. The third-order valence-corrected chi connectivity index (χ3v) is 4.33. The van der Waals surface area contributed by atoms with Gasteiger partial charge in [-0.15, -0.1) is 0 Å². The summed E-state index contributed by atoms with van der Waals surface area (Å²) >= 11 is 3.48. The van der Waals surface area contributed by atoms with E-state index in [1.165, 1.54) is 12.8 Å². The predicted octanol–water partition coefficient (Wildman–Crippen LogP) is 3.27. The number of hydrogen-bond acceptors (Lipinski definition) is 3. The summed E-state index contributed by atoms with van der Waals surface area (Å²) < 4.78 is 0.944. The van der Waals surface area contributed by atoms with Crippen molar-refractivity contribution < 1.29 is 0 Å². The van der Waals surface area contributed by atoms with E-state index in [0.29, 0.717) is 17.6 Å². The van der Waals surface area contributed by atoms with Gasteiger partial charge in [-0.2, -0.15) is 0 Å². The minimum atomic E-state index is 0.524. The third kappa shape index (κ3) is 2.17. The van der Waals surface area contributed by atoms with Crippen LogP contribution >= 0.6 is 15.9 Å². The number of halogens is 1. The van der Waals surface area contributed by atoms with E-state index in [1.807, 2.05) is 0 Å². The Morgan fingerprint density at radius 2 is 2.12 bits per heavy atom. The summed E-state index contributed by atoms with van der Waals surface area (Å²) in [5.74, 6) is 1.49. The van der Waals surface area contributed by atoms with E-state index >= 15 is 0 Å². The Hall–Kier alpha value is -0.770. The Bertz CT molecular complexity index is 360. The molecule has 1 heterocycles. The number of nitrogens with one attached hydrogen (secondary N) is 1. The SMILES string of the molecule is CC1CCC(Nc2c(N)cncc2Br)C1C. The molecule has 0 bridgehead atoms. The fourth-order valence-electron chi connectivity index (χ4n) is 2.36. The van der Waals surface area contributed by atoms with Crippen LogP contribution in [-0.4, -0.2) is 11.0 Å². The zero-order chi connectivity index (χ0) is 11.7. The first kappa shape index (κ1) is 11.7. The first-order chi connectivity index (χ1) is 7.59. The highest BCUT2D eigenvalue weighted by atomic mass is 79.9. The summed E-state index contributed by atoms with van der Waals surface area (Å²) in [5.41, 5.74) is 7.62. The van der Waals surface area contributed by atoms with E-state index in [-0.39, 0.29) is 0 Å². The molecule has 3 nitrogen and oxygen atoms in total. The molecule has 4 heteroatoms. The molecule has 0 aromatic carbocycles. The van der Waals surface area contributed by atoms with Crippen LogP contribution in [0.4, 0.5) is 11.4 Å². The lowest BCUT2D eigenvalue weighted by atomic mass is 9.97. The maximum absolute atomic E-state index is 5.92. The lowest BCUT2D eigenvalue weighted by Crippen LogP contribution is -2.24. The van der Waals surface area contributed by atoms with Crippen LogP contribution in [0.25, 0.3) is 0 Å². The van der Waals surface area contributed by atoms with E-state index < -0.39 is 0 Å². The quantitative estimate of drug-likeness (QED) is 0.876. The standard InChI is InChI=1S/C12H18BrN3/c1-7-3-4-11(8(7)2)16-12-9(13)5-15-6-10(12)14/h5-8,11H,3-4,14H2,1-2H3,(H,15,16). The van der Waals surface area contributed by atoms with Gasteiger partial charge >= 0.3 is 0 Å². The topological polar surface area (TPSA) is 50.9 Å². The van der Waals surface area contributed by atoms with Crippen LogP contribution in [0.5, 0.6) is 0 Å². The number of nitrogens with zero attached hydrogens (tertiary/aromatic N) is 1. The van der Waals surface area contributed by atoms with E-state index in [9.17, 15) is 0 Å². The monoisotopic (exact) mass is 283 g/mol. The van der Waals surface area contributed by atoms with Crippen molar-refractivity contribution in [1.29, 1.82) is 0 Å². The molecule has 0 radical (unpaired) electrons. The van der Waals surface area contributed by atoms with E-state index in [2.05, 4.69) is 40.1 Å². The van der Waals surface area contributed by atoms with E-state index in [4.69, 9.17) is 5.73 Å². The van der Waals surface area contributed by atoms with Crippen molar-refractivity contribution in [2.75, 3.05) is 11.1 Å². The normalized spacial score (nSPS) is 29.3. The second kappa shape index (κ2) is 4.62. The minimum Gasteiger partial charge on any atom is -0.396 e. The molecule has 1 fully saturated rings. The van der Waals surface area contributed by atoms with Crippen molar-refractivity contribution >= 4 is 27.3 Å². The first-order valence-corrected chi connectivity index (χ1v) is 6.54. The van der Waals surface area contributed by atoms with Crippen LogP contribution in [0.3, 0.4) is 0 Å². The number of hydrogen-bond donors (Lipinski definition) is 2. The molecule has 0 amide bonds. The lowest BCUT2D eigenvalue weighted by Gasteiger charge is -2.22. The Kier molecular flexibility index (Phi) is 3.38. The van der Waals surface area contributed by atoms with Gasteiger partial charge in [-0.05, 0) is 40.6 Å². The number of rotatable bonds is 2. The van der Waals surface area contributed by atoms with Gasteiger partial charge in [-0.1, -0.05) is 13.8 Å². The average Bonchev–Trinajstić information content (AvgIpc) is 2.55. The van der Waals surface area contributed by atoms with Crippen molar-refractivity contribution in [2.45, 2.75) is 32.7 Å². The van der Waals surface area contributed by atoms with Gasteiger partial charge < -0.3 is 11.1 Å². The molecule has 16 heavy (non-hydrogen) atoms. The van der Waals surface area contributed by atoms with Gasteiger partial charge in [0, 0.05) is 12.2 Å². The molecule has 1 aliphatic rings. The fourth-order valence-corrected chi connectivity index (χ4v) is 2.82. The minimum absolute atomic E-state index is 0.524. The Labute approximate surface area is 105 Å². The zero-order valence-electron chi connectivity index (χ0n) is 9.70. The van der Waals surface area contributed by atoms with Gasteiger partial charge in [0.15, 0.2) is 0 Å². The zero-order valence-corrected chi connectivity index (χ0v) is 11.3. The molecule has 3 unspecified atom stereocenters. The number of anilines is 2. The summed E-state index contributed by atoms with van der Waals surface area (Å²) in [6, 6.07) is 0.524. The lowest BCUT2D eigenvalue weighted by molar-refractivity contribution is 0.435.